The van der Waals surface area contributed by atoms with Gasteiger partial charge in [-0.1, -0.05) is 0 Å². The Morgan fingerprint density at radius 3 is 1.67 bits per heavy atom. The van der Waals surface area contributed by atoms with Crippen LogP contribution in [-0.4, -0.2) is 0 Å². The van der Waals surface area contributed by atoms with Crippen LogP contribution >= 0.6 is 0 Å². The van der Waals surface area contributed by atoms with Gasteiger partial charge >= 0.3 is 85.0 Å². The molecule has 12 heavy (non-hydrogen) atoms. The first-order chi connectivity index (χ1) is 5.42. The van der Waals surface area contributed by atoms with Gasteiger partial charge in [-0.05, 0) is 0 Å². The van der Waals surface area contributed by atoms with Gasteiger partial charge in [-0.3, -0.25) is 0 Å². The van der Waals surface area contributed by atoms with Crippen LogP contribution in [0, 0.1) is 5.41 Å². The van der Waals surface area contributed by atoms with Crippen molar-refractivity contribution in [2.45, 2.75) is 39.8 Å². The van der Waals surface area contributed by atoms with Gasteiger partial charge in [-0.25, -0.2) is 0 Å². The first-order valence-electron chi connectivity index (χ1n) is 4.50. The van der Waals surface area contributed by atoms with E-state index in [2.05, 4.69) is 39.8 Å². The van der Waals surface area contributed by atoms with Crippen molar-refractivity contribution in [3.63, 3.8) is 0 Å². The van der Waals surface area contributed by atoms with Crippen molar-refractivity contribution in [1.29, 1.82) is 0 Å². The number of rotatable bonds is 1. The fourth-order valence-corrected chi connectivity index (χ4v) is 4.24. The first-order valence-corrected chi connectivity index (χ1v) is 6.84. The van der Waals surface area contributed by atoms with E-state index in [4.69, 9.17) is 0 Å². The molecule has 0 atom stereocenters. The van der Waals surface area contributed by atoms with Crippen molar-refractivity contribution in [2.24, 2.45) is 5.41 Å². The van der Waals surface area contributed by atoms with Gasteiger partial charge in [0, 0.05) is 0 Å². The van der Waals surface area contributed by atoms with Crippen LogP contribution in [-0.2, 0) is 19.2 Å². The molecule has 0 N–H and O–H groups in total. The van der Waals surface area contributed by atoms with Crippen molar-refractivity contribution in [1.82, 2.24) is 0 Å². The van der Waals surface area contributed by atoms with Crippen LogP contribution < -0.4 is 0 Å². The monoisotopic (exact) mass is 198 g/mol. The van der Waals surface area contributed by atoms with E-state index in [1.54, 1.807) is 20.6 Å². The molecule has 1 rings (SSSR count). The zero-order chi connectivity index (χ0) is 9.52. The normalized spacial score (nSPS) is 22.2. The van der Waals surface area contributed by atoms with Crippen molar-refractivity contribution >= 4 is 0 Å². The van der Waals surface area contributed by atoms with Crippen LogP contribution in [0.4, 0.5) is 0 Å². The molecule has 0 radical (unpaired) electrons. The molecule has 66 valence electrons. The zero-order valence-electron chi connectivity index (χ0n) is 9.00. The van der Waals surface area contributed by atoms with E-state index in [0.717, 1.165) is 0 Å². The predicted molar refractivity (Wildman–Crippen MR) is 50.7 cm³/mol. The summed E-state index contributed by atoms with van der Waals surface area (Å²) in [6, 6.07) is 0. The molecule has 0 spiro atoms. The summed E-state index contributed by atoms with van der Waals surface area (Å²) in [5.74, 6) is 0. The number of hydrogen-bond acceptors (Lipinski definition) is 0. The molecule has 0 heterocycles. The van der Waals surface area contributed by atoms with Gasteiger partial charge in [0.15, 0.2) is 0 Å². The predicted octanol–water partition coefficient (Wildman–Crippen LogP) is 3.77. The van der Waals surface area contributed by atoms with Crippen LogP contribution in [0.3, 0.4) is 0 Å². The zero-order valence-corrected chi connectivity index (χ0v) is 10.6. The minimum absolute atomic E-state index is 0.131. The van der Waals surface area contributed by atoms with Gasteiger partial charge < -0.3 is 0 Å². The van der Waals surface area contributed by atoms with Gasteiger partial charge in [0.25, 0.3) is 0 Å². The topological polar surface area (TPSA) is 0 Å². The molecule has 0 aromatic rings. The van der Waals surface area contributed by atoms with Crippen LogP contribution in [0.2, 0.25) is 5.23 Å². The van der Waals surface area contributed by atoms with Gasteiger partial charge in [0.2, 0.25) is 0 Å². The van der Waals surface area contributed by atoms with Crippen LogP contribution in [0.1, 0.15) is 34.6 Å². The second-order valence-corrected chi connectivity index (χ2v) is 5.69. The van der Waals surface area contributed by atoms with Crippen LogP contribution in [0.15, 0.2) is 20.6 Å². The molecule has 1 aliphatic rings. The van der Waals surface area contributed by atoms with Gasteiger partial charge in [0.1, 0.15) is 0 Å². The second kappa shape index (κ2) is 3.16. The van der Waals surface area contributed by atoms with E-state index in [9.17, 15) is 0 Å². The average Bonchev–Trinajstić information content (AvgIpc) is 2.13. The third-order valence-electron chi connectivity index (χ3n) is 3.31. The third-order valence-corrected chi connectivity index (χ3v) is 5.65. The molecule has 0 nitrogen and oxygen atoms in total. The Hall–Kier alpha value is 0.194. The number of allylic oxidation sites excluding steroid dienone is 4. The number of hydrogen-bond donors (Lipinski definition) is 0. The molecule has 0 aromatic heterocycles. The van der Waals surface area contributed by atoms with E-state index in [1.165, 1.54) is 0 Å². The quantitative estimate of drug-likeness (QED) is 0.562. The van der Waals surface area contributed by atoms with E-state index in [-0.39, 0.29) is 19.2 Å². The fourth-order valence-electron chi connectivity index (χ4n) is 2.09. The Labute approximate surface area is 85.1 Å². The van der Waals surface area contributed by atoms with E-state index < -0.39 is 0 Å². The van der Waals surface area contributed by atoms with Crippen molar-refractivity contribution in [3.8, 4) is 0 Å². The SMILES string of the molecule is [CH3][Ti][C]1=C(C)C(C)=C(C)C1(C)C. The molecule has 0 saturated carbocycles. The van der Waals surface area contributed by atoms with Gasteiger partial charge in [-0.2, -0.15) is 0 Å². The molecule has 0 fully saturated rings. The molecule has 0 aromatic carbocycles. The maximum atomic E-state index is 2.38. The summed E-state index contributed by atoms with van der Waals surface area (Å²) in [5.41, 5.74) is 5.09. The maximum absolute atomic E-state index is 2.38. The fraction of sp³-hybridized carbons (Fsp3) is 0.636. The molecular weight excluding hydrogens is 180 g/mol. The van der Waals surface area contributed by atoms with E-state index >= 15 is 0 Å². The Kier molecular flexibility index (Phi) is 2.70. The van der Waals surface area contributed by atoms with Crippen LogP contribution in [0.25, 0.3) is 0 Å². The minimum atomic E-state index is 0.131. The van der Waals surface area contributed by atoms with Crippen molar-refractivity contribution in [3.05, 3.63) is 20.6 Å². The Morgan fingerprint density at radius 1 is 1.00 bits per heavy atom. The summed E-state index contributed by atoms with van der Waals surface area (Å²) < 4.78 is 1.75. The van der Waals surface area contributed by atoms with Gasteiger partial charge in [0.05, 0.1) is 0 Å². The molecule has 0 saturated heterocycles. The summed E-state index contributed by atoms with van der Waals surface area (Å²) in [6.45, 7) is 11.6. The molecular formula is C11H18Ti. The summed E-state index contributed by atoms with van der Waals surface area (Å²) in [7, 11) is 0. The van der Waals surface area contributed by atoms with E-state index in [0.29, 0.717) is 5.41 Å². The second-order valence-electron chi connectivity index (χ2n) is 4.12. The molecule has 1 heteroatoms. The molecule has 0 unspecified atom stereocenters. The average molecular weight is 198 g/mol. The molecule has 0 aliphatic heterocycles. The Bertz CT molecular complexity index is 267. The summed E-state index contributed by atoms with van der Waals surface area (Å²) in [5, 5.41) is 2.38. The molecule has 1 aliphatic carbocycles. The summed E-state index contributed by atoms with van der Waals surface area (Å²) >= 11 is 0.131. The standard InChI is InChI=1S/C10H15.CH3.Ti/c1-7-6-10(4,5)9(3)8(7)2;;/h1-5H3;1H3;. The Balaban J connectivity index is 3.23. The van der Waals surface area contributed by atoms with Crippen molar-refractivity contribution in [2.75, 3.05) is 0 Å². The molecule has 0 amide bonds. The van der Waals surface area contributed by atoms with Crippen LogP contribution in [0.5, 0.6) is 0 Å². The van der Waals surface area contributed by atoms with Crippen molar-refractivity contribution < 1.29 is 19.2 Å². The van der Waals surface area contributed by atoms with Gasteiger partial charge in [-0.15, -0.1) is 0 Å². The third kappa shape index (κ3) is 1.26. The van der Waals surface area contributed by atoms with E-state index in [1.807, 2.05) is 0 Å². The summed E-state index contributed by atoms with van der Waals surface area (Å²) in [4.78, 5) is 0. The summed E-state index contributed by atoms with van der Waals surface area (Å²) in [6.07, 6.45) is 0. The molecule has 0 bridgehead atoms. The Morgan fingerprint density at radius 2 is 1.50 bits per heavy atom. The first kappa shape index (κ1) is 10.3.